The minimum Gasteiger partial charge on any atom is -0.325 e. The quantitative estimate of drug-likeness (QED) is 0.692. The predicted octanol–water partition coefficient (Wildman–Crippen LogP) is 0.146. The standard InChI is InChI=1S/C15H14N6O3/c22-13(3-6-20-7-4-14(23)19-15(20)24)18-11-1-2-12(17-9-11)21-8-5-16-10-21/h1-2,4-5,7-10H,3,6H2,(H,18,22)(H,19,23,24). The molecule has 3 heterocycles. The topological polar surface area (TPSA) is 115 Å². The summed E-state index contributed by atoms with van der Waals surface area (Å²) in [7, 11) is 0. The summed E-state index contributed by atoms with van der Waals surface area (Å²) in [5, 5.41) is 2.70. The molecule has 0 aliphatic heterocycles. The van der Waals surface area contributed by atoms with Gasteiger partial charge in [0.1, 0.15) is 12.1 Å². The lowest BCUT2D eigenvalue weighted by molar-refractivity contribution is -0.116. The van der Waals surface area contributed by atoms with Gasteiger partial charge in [-0.05, 0) is 12.1 Å². The van der Waals surface area contributed by atoms with E-state index in [1.54, 1.807) is 41.6 Å². The molecule has 0 aliphatic rings. The van der Waals surface area contributed by atoms with Gasteiger partial charge in [-0.15, -0.1) is 0 Å². The molecule has 3 aromatic heterocycles. The Morgan fingerprint density at radius 1 is 1.21 bits per heavy atom. The highest BCUT2D eigenvalue weighted by atomic mass is 16.2. The van der Waals surface area contributed by atoms with Crippen molar-refractivity contribution in [2.75, 3.05) is 5.32 Å². The van der Waals surface area contributed by atoms with E-state index in [9.17, 15) is 14.4 Å². The van der Waals surface area contributed by atoms with Gasteiger partial charge in [-0.3, -0.25) is 19.1 Å². The van der Waals surface area contributed by atoms with E-state index in [0.29, 0.717) is 11.5 Å². The van der Waals surface area contributed by atoms with Gasteiger partial charge in [0.15, 0.2) is 0 Å². The van der Waals surface area contributed by atoms with Crippen molar-refractivity contribution in [1.82, 2.24) is 24.1 Å². The number of anilines is 1. The molecule has 0 saturated carbocycles. The van der Waals surface area contributed by atoms with E-state index in [4.69, 9.17) is 0 Å². The molecule has 9 nitrogen and oxygen atoms in total. The third kappa shape index (κ3) is 3.64. The lowest BCUT2D eigenvalue weighted by atomic mass is 10.3. The molecule has 0 saturated heterocycles. The molecule has 1 amide bonds. The van der Waals surface area contributed by atoms with Crippen molar-refractivity contribution >= 4 is 11.6 Å². The second-order valence-corrected chi connectivity index (χ2v) is 4.98. The van der Waals surface area contributed by atoms with Gasteiger partial charge >= 0.3 is 5.69 Å². The maximum absolute atomic E-state index is 11.9. The van der Waals surface area contributed by atoms with Crippen molar-refractivity contribution in [3.63, 3.8) is 0 Å². The van der Waals surface area contributed by atoms with Crippen LogP contribution in [0.4, 0.5) is 5.69 Å². The van der Waals surface area contributed by atoms with E-state index in [-0.39, 0.29) is 18.9 Å². The molecule has 3 rings (SSSR count). The Hall–Kier alpha value is -3.49. The molecule has 0 aliphatic carbocycles. The number of aryl methyl sites for hydroxylation is 1. The molecule has 2 N–H and O–H groups in total. The summed E-state index contributed by atoms with van der Waals surface area (Å²) in [5.41, 5.74) is -0.455. The van der Waals surface area contributed by atoms with E-state index < -0.39 is 11.2 Å². The summed E-state index contributed by atoms with van der Waals surface area (Å²) in [6, 6.07) is 4.72. The van der Waals surface area contributed by atoms with Gasteiger partial charge < -0.3 is 9.88 Å². The zero-order chi connectivity index (χ0) is 16.9. The zero-order valence-electron chi connectivity index (χ0n) is 12.5. The second kappa shape index (κ2) is 6.73. The Morgan fingerprint density at radius 2 is 2.08 bits per heavy atom. The minimum absolute atomic E-state index is 0.0925. The minimum atomic E-state index is -0.540. The number of nitrogens with one attached hydrogen (secondary N) is 2. The average molecular weight is 326 g/mol. The molecule has 0 aromatic carbocycles. The first-order chi connectivity index (χ1) is 11.6. The molecule has 0 spiro atoms. The number of hydrogen-bond acceptors (Lipinski definition) is 5. The third-order valence-corrected chi connectivity index (χ3v) is 3.28. The fourth-order valence-electron chi connectivity index (χ4n) is 2.07. The lowest BCUT2D eigenvalue weighted by Gasteiger charge is -2.07. The third-order valence-electron chi connectivity index (χ3n) is 3.28. The van der Waals surface area contributed by atoms with Crippen LogP contribution in [0, 0.1) is 0 Å². The fourth-order valence-corrected chi connectivity index (χ4v) is 2.07. The van der Waals surface area contributed by atoms with Crippen LogP contribution < -0.4 is 16.6 Å². The van der Waals surface area contributed by atoms with Crippen molar-refractivity contribution in [3.05, 3.63) is 70.2 Å². The molecule has 0 unspecified atom stereocenters. The van der Waals surface area contributed by atoms with Crippen LogP contribution in [-0.2, 0) is 11.3 Å². The predicted molar refractivity (Wildman–Crippen MR) is 85.9 cm³/mol. The Bertz CT molecular complexity index is 940. The Morgan fingerprint density at radius 3 is 2.75 bits per heavy atom. The first-order valence-corrected chi connectivity index (χ1v) is 7.16. The van der Waals surface area contributed by atoms with Crippen LogP contribution in [0.1, 0.15) is 6.42 Å². The molecule has 122 valence electrons. The van der Waals surface area contributed by atoms with Gasteiger partial charge in [0.25, 0.3) is 5.56 Å². The summed E-state index contributed by atoms with van der Waals surface area (Å²) in [6.07, 6.45) is 8.03. The molecule has 0 atom stereocenters. The van der Waals surface area contributed by atoms with Gasteiger partial charge in [-0.25, -0.2) is 14.8 Å². The highest BCUT2D eigenvalue weighted by molar-refractivity contribution is 5.90. The van der Waals surface area contributed by atoms with Crippen LogP contribution in [0.5, 0.6) is 0 Å². The van der Waals surface area contributed by atoms with E-state index in [2.05, 4.69) is 20.3 Å². The summed E-state index contributed by atoms with van der Waals surface area (Å²) < 4.78 is 3.01. The fraction of sp³-hybridized carbons (Fsp3) is 0.133. The Balaban J connectivity index is 1.58. The largest absolute Gasteiger partial charge is 0.328 e. The maximum Gasteiger partial charge on any atom is 0.328 e. The van der Waals surface area contributed by atoms with Crippen LogP contribution >= 0.6 is 0 Å². The lowest BCUT2D eigenvalue weighted by Crippen LogP contribution is -2.29. The van der Waals surface area contributed by atoms with Crippen molar-refractivity contribution in [2.24, 2.45) is 0 Å². The molecule has 24 heavy (non-hydrogen) atoms. The number of carbonyl (C=O) groups excluding carboxylic acids is 1. The first kappa shape index (κ1) is 15.4. The van der Waals surface area contributed by atoms with E-state index in [0.717, 1.165) is 0 Å². The Labute approximate surface area is 135 Å². The molecule has 0 fully saturated rings. The molecule has 0 radical (unpaired) electrons. The van der Waals surface area contributed by atoms with Crippen molar-refractivity contribution in [2.45, 2.75) is 13.0 Å². The van der Waals surface area contributed by atoms with Crippen LogP contribution in [0.15, 0.2) is 58.9 Å². The van der Waals surface area contributed by atoms with Gasteiger partial charge in [-0.1, -0.05) is 0 Å². The molecular formula is C15H14N6O3. The number of nitrogens with zero attached hydrogens (tertiary/aromatic N) is 4. The average Bonchev–Trinajstić information content (AvgIpc) is 3.09. The molecular weight excluding hydrogens is 312 g/mol. The number of pyridine rings is 1. The van der Waals surface area contributed by atoms with Gasteiger partial charge in [0.2, 0.25) is 5.91 Å². The number of imidazole rings is 1. The smallest absolute Gasteiger partial charge is 0.325 e. The highest BCUT2D eigenvalue weighted by Crippen LogP contribution is 2.09. The number of carbonyl (C=O) groups is 1. The van der Waals surface area contributed by atoms with E-state index in [1.165, 1.54) is 16.8 Å². The first-order valence-electron chi connectivity index (χ1n) is 7.16. The number of aromatic amines is 1. The van der Waals surface area contributed by atoms with Crippen LogP contribution in [0.25, 0.3) is 5.82 Å². The van der Waals surface area contributed by atoms with Gasteiger partial charge in [0.05, 0.1) is 11.9 Å². The summed E-state index contributed by atoms with van der Waals surface area (Å²) in [5.74, 6) is 0.426. The van der Waals surface area contributed by atoms with Crippen LogP contribution in [0.2, 0.25) is 0 Å². The number of aromatic nitrogens is 5. The van der Waals surface area contributed by atoms with E-state index >= 15 is 0 Å². The number of hydrogen-bond donors (Lipinski definition) is 2. The monoisotopic (exact) mass is 326 g/mol. The van der Waals surface area contributed by atoms with E-state index in [1.807, 2.05) is 0 Å². The number of rotatable bonds is 5. The molecule has 3 aromatic rings. The van der Waals surface area contributed by atoms with Crippen molar-refractivity contribution < 1.29 is 4.79 Å². The zero-order valence-corrected chi connectivity index (χ0v) is 12.5. The number of H-pyrrole nitrogens is 1. The Kier molecular flexibility index (Phi) is 4.32. The molecule has 9 heteroatoms. The SMILES string of the molecule is O=C(CCn1ccc(=O)[nH]c1=O)Nc1ccc(-n2ccnc2)nc1. The normalized spacial score (nSPS) is 10.5. The maximum atomic E-state index is 11.9. The van der Waals surface area contributed by atoms with Crippen LogP contribution in [-0.4, -0.2) is 30.0 Å². The summed E-state index contributed by atoms with van der Waals surface area (Å²) in [4.78, 5) is 44.7. The van der Waals surface area contributed by atoms with Crippen LogP contribution in [0.3, 0.4) is 0 Å². The van der Waals surface area contributed by atoms with Crippen molar-refractivity contribution in [1.29, 1.82) is 0 Å². The summed E-state index contributed by atoms with van der Waals surface area (Å²) >= 11 is 0. The van der Waals surface area contributed by atoms with Gasteiger partial charge in [-0.2, -0.15) is 0 Å². The van der Waals surface area contributed by atoms with Crippen molar-refractivity contribution in [3.8, 4) is 5.82 Å². The number of amides is 1. The summed E-state index contributed by atoms with van der Waals surface area (Å²) in [6.45, 7) is 0.169. The second-order valence-electron chi connectivity index (χ2n) is 4.98. The van der Waals surface area contributed by atoms with Gasteiger partial charge in [0, 0.05) is 37.6 Å². The highest BCUT2D eigenvalue weighted by Gasteiger charge is 2.05. The molecule has 0 bridgehead atoms.